The molecule has 0 bridgehead atoms. The topological polar surface area (TPSA) is 71.1 Å². The normalized spacial score (nSPS) is 12.5. The van der Waals surface area contributed by atoms with Crippen molar-refractivity contribution in [2.75, 3.05) is 13.2 Å². The summed E-state index contributed by atoms with van der Waals surface area (Å²) in [6, 6.07) is 6.21. The molecule has 0 aliphatic heterocycles. The van der Waals surface area contributed by atoms with Crippen LogP contribution in [0.5, 0.6) is 5.75 Å². The molecule has 1 atom stereocenters. The molecule has 0 aromatic heterocycles. The lowest BCUT2D eigenvalue weighted by Gasteiger charge is -2.19. The second kappa shape index (κ2) is 9.30. The highest BCUT2D eigenvalue weighted by Crippen LogP contribution is 2.55. The van der Waals surface area contributed by atoms with Crippen LogP contribution in [0.2, 0.25) is 5.02 Å². The summed E-state index contributed by atoms with van der Waals surface area (Å²) in [4.78, 5) is 11.9. The minimum absolute atomic E-state index is 0.0967. The van der Waals surface area contributed by atoms with Crippen molar-refractivity contribution in [2.24, 2.45) is 0 Å². The third kappa shape index (κ3) is 6.16. The fourth-order valence-electron chi connectivity index (χ4n) is 1.42. The smallest absolute Gasteiger partial charge is 0.395 e. The zero-order valence-corrected chi connectivity index (χ0v) is 15.1. The molecule has 0 saturated carbocycles. The van der Waals surface area contributed by atoms with Gasteiger partial charge in [-0.2, -0.15) is 0 Å². The summed E-state index contributed by atoms with van der Waals surface area (Å²) in [6.07, 6.45) is 0. The van der Waals surface area contributed by atoms with Crippen LogP contribution in [0.4, 0.5) is 0 Å². The maximum atomic E-state index is 12.3. The van der Waals surface area contributed by atoms with E-state index >= 15 is 0 Å². The molecule has 1 aromatic rings. The minimum Gasteiger partial charge on any atom is -0.463 e. The van der Waals surface area contributed by atoms with Gasteiger partial charge in [0, 0.05) is 5.02 Å². The number of alkyl halides is 1. The van der Waals surface area contributed by atoms with Crippen molar-refractivity contribution in [1.82, 2.24) is 0 Å². The van der Waals surface area contributed by atoms with E-state index in [2.05, 4.69) is 6.58 Å². The molecule has 0 fully saturated rings. The molecule has 1 unspecified atom stereocenters. The van der Waals surface area contributed by atoms with Gasteiger partial charge in [0.25, 0.3) is 5.56 Å². The van der Waals surface area contributed by atoms with Gasteiger partial charge in [-0.25, -0.2) is 4.79 Å². The Balaban J connectivity index is 2.67. The van der Waals surface area contributed by atoms with Crippen LogP contribution in [0.25, 0.3) is 0 Å². The molecule has 0 heterocycles. The summed E-state index contributed by atoms with van der Waals surface area (Å²) in [5.74, 6) is -0.680. The molecule has 0 aliphatic carbocycles. The third-order valence-electron chi connectivity index (χ3n) is 2.36. The Kier molecular flexibility index (Phi) is 8.09. The van der Waals surface area contributed by atoms with Gasteiger partial charge in [-0.3, -0.25) is 4.57 Å². The van der Waals surface area contributed by atoms with E-state index in [0.29, 0.717) is 10.8 Å². The molecule has 0 saturated heterocycles. The number of hydrogen-bond donors (Lipinski definition) is 0. The Morgan fingerprint density at radius 3 is 2.22 bits per heavy atom. The van der Waals surface area contributed by atoms with E-state index < -0.39 is 24.6 Å². The molecule has 6 nitrogen and oxygen atoms in total. The van der Waals surface area contributed by atoms with Crippen molar-refractivity contribution in [3.8, 4) is 5.75 Å². The highest BCUT2D eigenvalue weighted by atomic mass is 35.5. The van der Waals surface area contributed by atoms with E-state index in [-0.39, 0.29) is 13.2 Å². The van der Waals surface area contributed by atoms with Gasteiger partial charge in [-0.1, -0.05) is 23.2 Å². The average molecular weight is 383 g/mol. The van der Waals surface area contributed by atoms with Crippen LogP contribution in [0.15, 0.2) is 36.3 Å². The fraction of sp³-hybridized carbons (Fsp3) is 0.357. The molecule has 1 rings (SSSR count). The van der Waals surface area contributed by atoms with Gasteiger partial charge in [-0.05, 0) is 44.7 Å². The Morgan fingerprint density at radius 1 is 1.22 bits per heavy atom. The minimum atomic E-state index is -3.76. The zero-order chi connectivity index (χ0) is 17.5. The molecule has 0 spiro atoms. The molecular weight excluding hydrogens is 366 g/mol. The van der Waals surface area contributed by atoms with Crippen LogP contribution >= 0.6 is 30.8 Å². The zero-order valence-electron chi connectivity index (χ0n) is 12.7. The van der Waals surface area contributed by atoms with Crippen molar-refractivity contribution in [3.05, 3.63) is 41.4 Å². The number of halogens is 2. The highest BCUT2D eigenvalue weighted by Gasteiger charge is 2.33. The van der Waals surface area contributed by atoms with Crippen LogP contribution in [0, 0.1) is 0 Å². The van der Waals surface area contributed by atoms with E-state index in [0.717, 1.165) is 0 Å². The second-order valence-electron chi connectivity index (χ2n) is 4.04. The lowest BCUT2D eigenvalue weighted by Crippen LogP contribution is -2.23. The Hall–Kier alpha value is -1.04. The first-order valence-corrected chi connectivity index (χ1v) is 9.04. The predicted octanol–water partition coefficient (Wildman–Crippen LogP) is 4.56. The number of hydrogen-bond acceptors (Lipinski definition) is 6. The first kappa shape index (κ1) is 20.0. The molecule has 0 radical (unpaired) electrons. The molecule has 0 amide bonds. The summed E-state index contributed by atoms with van der Waals surface area (Å²) in [6.45, 7) is 6.85. The summed E-state index contributed by atoms with van der Waals surface area (Å²) < 4.78 is 32.4. The van der Waals surface area contributed by atoms with Crippen LogP contribution < -0.4 is 4.74 Å². The Bertz CT molecular complexity index is 579. The first-order valence-electron chi connectivity index (χ1n) is 6.69. The quantitative estimate of drug-likeness (QED) is 0.269. The van der Waals surface area contributed by atoms with Crippen molar-refractivity contribution in [1.29, 1.82) is 0 Å². The lowest BCUT2D eigenvalue weighted by atomic mass is 10.3. The average Bonchev–Trinajstić information content (AvgIpc) is 2.49. The Morgan fingerprint density at radius 2 is 1.74 bits per heavy atom. The molecule has 128 valence electrons. The van der Waals surface area contributed by atoms with Gasteiger partial charge in [0.05, 0.1) is 13.2 Å². The molecular formula is C14H17Cl2O6P. The second-order valence-corrected chi connectivity index (χ2v) is 6.88. The van der Waals surface area contributed by atoms with Gasteiger partial charge in [0.1, 0.15) is 5.75 Å². The third-order valence-corrected chi connectivity index (χ3v) is 4.78. The van der Waals surface area contributed by atoms with Crippen LogP contribution in [0.1, 0.15) is 13.8 Å². The van der Waals surface area contributed by atoms with Crippen LogP contribution in [0.3, 0.4) is 0 Å². The maximum absolute atomic E-state index is 12.3. The number of ether oxygens (including phenoxy) is 2. The van der Waals surface area contributed by atoms with Gasteiger partial charge in [-0.15, -0.1) is 0 Å². The van der Waals surface area contributed by atoms with E-state index in [1.165, 1.54) is 12.1 Å². The summed E-state index contributed by atoms with van der Waals surface area (Å²) in [5.41, 5.74) is -1.92. The maximum Gasteiger partial charge on any atom is 0.395 e. The van der Waals surface area contributed by atoms with Gasteiger partial charge < -0.3 is 18.5 Å². The van der Waals surface area contributed by atoms with Crippen molar-refractivity contribution in [2.45, 2.75) is 19.4 Å². The van der Waals surface area contributed by atoms with Gasteiger partial charge >= 0.3 is 13.6 Å². The molecule has 23 heavy (non-hydrogen) atoms. The van der Waals surface area contributed by atoms with Crippen molar-refractivity contribution in [3.63, 3.8) is 0 Å². The molecule has 9 heteroatoms. The molecule has 0 N–H and O–H groups in total. The van der Waals surface area contributed by atoms with E-state index in [1.54, 1.807) is 26.0 Å². The van der Waals surface area contributed by atoms with Crippen LogP contribution in [-0.2, 0) is 23.1 Å². The van der Waals surface area contributed by atoms with Crippen LogP contribution in [-0.4, -0.2) is 24.7 Å². The fourth-order valence-corrected chi connectivity index (χ4v) is 2.94. The monoisotopic (exact) mass is 382 g/mol. The number of benzene rings is 1. The number of rotatable bonds is 9. The largest absolute Gasteiger partial charge is 0.463 e. The van der Waals surface area contributed by atoms with Gasteiger partial charge in [0.2, 0.25) is 5.50 Å². The lowest BCUT2D eigenvalue weighted by molar-refractivity contribution is -0.143. The van der Waals surface area contributed by atoms with E-state index in [9.17, 15) is 9.36 Å². The van der Waals surface area contributed by atoms with Crippen molar-refractivity contribution >= 4 is 36.8 Å². The van der Waals surface area contributed by atoms with E-state index in [4.69, 9.17) is 41.7 Å². The van der Waals surface area contributed by atoms with E-state index in [1.807, 2.05) is 0 Å². The molecule has 1 aromatic carbocycles. The standard InChI is InChI=1S/C14H17Cl2O6P/c1-4-19-23(18,20-5-2)10(3)21-14(17)13(16)22-12-8-6-11(15)7-9-12/h6-9,13H,3-5H2,1-2H3. The first-order chi connectivity index (χ1) is 10.8. The predicted molar refractivity (Wildman–Crippen MR) is 87.8 cm³/mol. The highest BCUT2D eigenvalue weighted by molar-refractivity contribution is 7.58. The summed E-state index contributed by atoms with van der Waals surface area (Å²) in [7, 11) is -3.76. The number of esters is 1. The number of carbonyl (C=O) groups is 1. The molecule has 0 aliphatic rings. The summed E-state index contributed by atoms with van der Waals surface area (Å²) >= 11 is 11.6. The number of carbonyl (C=O) groups excluding carboxylic acids is 1. The summed E-state index contributed by atoms with van der Waals surface area (Å²) in [5, 5.41) is 0.508. The SMILES string of the molecule is C=C(OC(=O)C(Cl)Oc1ccc(Cl)cc1)P(=O)(OCC)OCC. The Labute approximate surface area is 144 Å². The van der Waals surface area contributed by atoms with Crippen molar-refractivity contribution < 1.29 is 27.9 Å². The van der Waals surface area contributed by atoms with Gasteiger partial charge in [0.15, 0.2) is 0 Å².